The van der Waals surface area contributed by atoms with Gasteiger partial charge in [-0.2, -0.15) is 0 Å². The number of hydrogen-bond acceptors (Lipinski definition) is 4. The van der Waals surface area contributed by atoms with Crippen LogP contribution in [0.15, 0.2) is 42.5 Å². The molecule has 1 atom stereocenters. The monoisotopic (exact) mass is 862 g/mol. The standard InChI is InChI=1S/C58H103NO3/c1-4-6-8-10-12-14-16-18-20-22-24-26-28-30-32-34-36-38-40-42-50-61-55-48-49-56(58(59)53-44-46-54(60-3)47-45-53)57(52-55)62-51-43-41-39-37-35-33-31-29-27-25-23-21-19-17-15-13-11-9-7-5-2/h44-49,52,58H,4-43,50-51,59H2,1-3H3. The van der Waals surface area contributed by atoms with Gasteiger partial charge in [0.05, 0.1) is 26.4 Å². The molecule has 0 amide bonds. The van der Waals surface area contributed by atoms with Crippen molar-refractivity contribution in [2.24, 2.45) is 5.73 Å². The second-order valence-electron chi connectivity index (χ2n) is 19.1. The Bertz CT molecular complexity index is 1210. The summed E-state index contributed by atoms with van der Waals surface area (Å²) in [4.78, 5) is 0. The Labute approximate surface area is 386 Å². The minimum absolute atomic E-state index is 0.274. The fourth-order valence-electron chi connectivity index (χ4n) is 9.06. The molecule has 0 radical (unpaired) electrons. The average molecular weight is 862 g/mol. The molecule has 0 fully saturated rings. The summed E-state index contributed by atoms with van der Waals surface area (Å²) >= 11 is 0. The number of ether oxygens (including phenoxy) is 3. The summed E-state index contributed by atoms with van der Waals surface area (Å²) in [7, 11) is 1.70. The second-order valence-corrected chi connectivity index (χ2v) is 19.1. The molecule has 0 saturated carbocycles. The van der Waals surface area contributed by atoms with E-state index in [-0.39, 0.29) is 6.04 Å². The normalized spacial score (nSPS) is 11.9. The van der Waals surface area contributed by atoms with Crippen molar-refractivity contribution < 1.29 is 14.2 Å². The van der Waals surface area contributed by atoms with Gasteiger partial charge in [-0.1, -0.05) is 270 Å². The molecule has 2 rings (SSSR count). The molecular formula is C58H103NO3. The predicted molar refractivity (Wildman–Crippen MR) is 272 cm³/mol. The molecule has 2 aromatic carbocycles. The number of nitrogens with two attached hydrogens (primary N) is 1. The minimum Gasteiger partial charge on any atom is -0.497 e. The molecule has 4 nitrogen and oxygen atoms in total. The molecule has 0 heterocycles. The lowest BCUT2D eigenvalue weighted by Crippen LogP contribution is -2.14. The third kappa shape index (κ3) is 31.6. The number of hydrogen-bond donors (Lipinski definition) is 1. The zero-order valence-electron chi connectivity index (χ0n) is 41.6. The highest BCUT2D eigenvalue weighted by Crippen LogP contribution is 2.33. The Kier molecular flexibility index (Phi) is 38.6. The van der Waals surface area contributed by atoms with Crippen LogP contribution in [0.1, 0.15) is 288 Å². The Morgan fingerprint density at radius 2 is 0.645 bits per heavy atom. The Morgan fingerprint density at radius 3 is 0.968 bits per heavy atom. The first-order valence-corrected chi connectivity index (χ1v) is 27.5. The smallest absolute Gasteiger partial charge is 0.128 e. The number of benzene rings is 2. The van der Waals surface area contributed by atoms with Gasteiger partial charge in [-0.25, -0.2) is 0 Å². The van der Waals surface area contributed by atoms with Crippen LogP contribution in [0.2, 0.25) is 0 Å². The largest absolute Gasteiger partial charge is 0.497 e. The molecule has 2 aromatic rings. The molecule has 0 bridgehead atoms. The molecule has 0 aromatic heterocycles. The zero-order chi connectivity index (χ0) is 44.2. The maximum atomic E-state index is 6.84. The van der Waals surface area contributed by atoms with E-state index in [0.717, 1.165) is 47.8 Å². The van der Waals surface area contributed by atoms with Gasteiger partial charge < -0.3 is 19.9 Å². The predicted octanol–water partition coefficient (Wildman–Crippen LogP) is 19.1. The van der Waals surface area contributed by atoms with Crippen molar-refractivity contribution in [3.63, 3.8) is 0 Å². The maximum absolute atomic E-state index is 6.84. The van der Waals surface area contributed by atoms with Crippen LogP contribution >= 0.6 is 0 Å². The molecule has 4 heteroatoms. The lowest BCUT2D eigenvalue weighted by molar-refractivity contribution is 0.287. The van der Waals surface area contributed by atoms with Gasteiger partial charge in [0.1, 0.15) is 17.2 Å². The first-order valence-electron chi connectivity index (χ1n) is 27.5. The van der Waals surface area contributed by atoms with Gasteiger partial charge in [0, 0.05) is 11.6 Å². The summed E-state index contributed by atoms with van der Waals surface area (Å²) in [6.07, 6.45) is 55.8. The summed E-state index contributed by atoms with van der Waals surface area (Å²) in [6, 6.07) is 14.0. The van der Waals surface area contributed by atoms with E-state index in [4.69, 9.17) is 19.9 Å². The van der Waals surface area contributed by atoms with Crippen LogP contribution in [0, 0.1) is 0 Å². The van der Waals surface area contributed by atoms with Crippen molar-refractivity contribution in [2.45, 2.75) is 277 Å². The topological polar surface area (TPSA) is 53.7 Å². The van der Waals surface area contributed by atoms with Crippen molar-refractivity contribution in [1.82, 2.24) is 0 Å². The summed E-state index contributed by atoms with van der Waals surface area (Å²) in [6.45, 7) is 6.07. The van der Waals surface area contributed by atoms with Crippen LogP contribution in [0.4, 0.5) is 0 Å². The van der Waals surface area contributed by atoms with Crippen LogP contribution in [-0.2, 0) is 0 Å². The van der Waals surface area contributed by atoms with Crippen LogP contribution in [0.5, 0.6) is 17.2 Å². The molecule has 0 aliphatic rings. The number of rotatable bonds is 47. The van der Waals surface area contributed by atoms with Crippen LogP contribution in [0.3, 0.4) is 0 Å². The molecule has 0 aliphatic heterocycles. The van der Waals surface area contributed by atoms with Crippen molar-refractivity contribution in [3.05, 3.63) is 53.6 Å². The van der Waals surface area contributed by atoms with Gasteiger partial charge in [0.2, 0.25) is 0 Å². The fraction of sp³-hybridized carbons (Fsp3) is 0.793. The summed E-state index contributed by atoms with van der Waals surface area (Å²) in [5.41, 5.74) is 8.89. The summed E-state index contributed by atoms with van der Waals surface area (Å²) in [5, 5.41) is 0. The van der Waals surface area contributed by atoms with Crippen LogP contribution in [0.25, 0.3) is 0 Å². The van der Waals surface area contributed by atoms with E-state index in [0.29, 0.717) is 6.61 Å². The van der Waals surface area contributed by atoms with E-state index in [1.807, 2.05) is 12.1 Å². The van der Waals surface area contributed by atoms with E-state index in [9.17, 15) is 0 Å². The lowest BCUT2D eigenvalue weighted by atomic mass is 9.98. The van der Waals surface area contributed by atoms with E-state index < -0.39 is 0 Å². The van der Waals surface area contributed by atoms with Gasteiger partial charge in [0.25, 0.3) is 0 Å². The van der Waals surface area contributed by atoms with Crippen molar-refractivity contribution >= 4 is 0 Å². The third-order valence-electron chi connectivity index (χ3n) is 13.3. The Morgan fingerprint density at radius 1 is 0.355 bits per heavy atom. The minimum atomic E-state index is -0.274. The van der Waals surface area contributed by atoms with Gasteiger partial charge in [-0.3, -0.25) is 0 Å². The highest BCUT2D eigenvalue weighted by Gasteiger charge is 2.16. The van der Waals surface area contributed by atoms with Crippen molar-refractivity contribution in [3.8, 4) is 17.2 Å². The van der Waals surface area contributed by atoms with E-state index >= 15 is 0 Å². The van der Waals surface area contributed by atoms with E-state index in [2.05, 4.69) is 44.2 Å². The van der Waals surface area contributed by atoms with Gasteiger partial charge in [-0.05, 0) is 42.7 Å². The zero-order valence-corrected chi connectivity index (χ0v) is 41.6. The number of unbranched alkanes of at least 4 members (excludes halogenated alkanes) is 38. The molecular weight excluding hydrogens is 759 g/mol. The third-order valence-corrected chi connectivity index (χ3v) is 13.3. The van der Waals surface area contributed by atoms with Gasteiger partial charge in [-0.15, -0.1) is 0 Å². The fourth-order valence-corrected chi connectivity index (χ4v) is 9.06. The highest BCUT2D eigenvalue weighted by molar-refractivity contribution is 5.46. The van der Waals surface area contributed by atoms with Crippen LogP contribution in [-0.4, -0.2) is 20.3 Å². The summed E-state index contributed by atoms with van der Waals surface area (Å²) < 4.78 is 18.1. The molecule has 358 valence electrons. The second kappa shape index (κ2) is 42.7. The molecule has 0 saturated heterocycles. The maximum Gasteiger partial charge on any atom is 0.128 e. The highest BCUT2D eigenvalue weighted by atomic mass is 16.5. The molecule has 0 aliphatic carbocycles. The SMILES string of the molecule is CCCCCCCCCCCCCCCCCCCCCCOc1ccc(C(N)c2ccc(OC)cc2)c(OCCCCCCCCCCCCCCCCCCCCCC)c1. The van der Waals surface area contributed by atoms with E-state index in [1.54, 1.807) is 7.11 Å². The lowest BCUT2D eigenvalue weighted by Gasteiger charge is -2.19. The summed E-state index contributed by atoms with van der Waals surface area (Å²) in [5.74, 6) is 2.57. The first-order chi connectivity index (χ1) is 30.7. The number of methoxy groups -OCH3 is 1. The van der Waals surface area contributed by atoms with Crippen molar-refractivity contribution in [1.29, 1.82) is 0 Å². The average Bonchev–Trinajstić information content (AvgIpc) is 3.29. The molecule has 0 spiro atoms. The van der Waals surface area contributed by atoms with Gasteiger partial charge in [0.15, 0.2) is 0 Å². The molecule has 62 heavy (non-hydrogen) atoms. The van der Waals surface area contributed by atoms with Gasteiger partial charge >= 0.3 is 0 Å². The Balaban J connectivity index is 1.54. The van der Waals surface area contributed by atoms with E-state index in [1.165, 1.54) is 244 Å². The molecule has 2 N–H and O–H groups in total. The van der Waals surface area contributed by atoms with Crippen molar-refractivity contribution in [2.75, 3.05) is 20.3 Å². The van der Waals surface area contributed by atoms with Crippen LogP contribution < -0.4 is 19.9 Å². The quantitative estimate of drug-likeness (QED) is 0.0674. The first kappa shape index (κ1) is 55.9. The molecule has 1 unspecified atom stereocenters. The Hall–Kier alpha value is -2.20.